The lowest BCUT2D eigenvalue weighted by Crippen LogP contribution is -2.39. The van der Waals surface area contributed by atoms with Gasteiger partial charge in [0.25, 0.3) is 5.91 Å². The number of nitrogens with one attached hydrogen (secondary N) is 1. The van der Waals surface area contributed by atoms with E-state index in [0.29, 0.717) is 18.0 Å². The van der Waals surface area contributed by atoms with Gasteiger partial charge in [-0.05, 0) is 29.7 Å². The van der Waals surface area contributed by atoms with Crippen molar-refractivity contribution in [3.63, 3.8) is 0 Å². The Hall–Kier alpha value is -2.83. The van der Waals surface area contributed by atoms with Crippen molar-refractivity contribution in [1.29, 1.82) is 0 Å². The molecule has 1 aromatic carbocycles. The highest BCUT2D eigenvalue weighted by Gasteiger charge is 2.26. The fraction of sp³-hybridized carbons (Fsp3) is 0.450. The molecule has 0 spiro atoms. The molecule has 7 heteroatoms. The predicted octanol–water partition coefficient (Wildman–Crippen LogP) is 1.69. The molecule has 7 nitrogen and oxygen atoms in total. The topological polar surface area (TPSA) is 65.8 Å². The van der Waals surface area contributed by atoms with Crippen molar-refractivity contribution in [1.82, 2.24) is 24.9 Å². The van der Waals surface area contributed by atoms with E-state index in [0.717, 1.165) is 31.0 Å². The van der Waals surface area contributed by atoms with E-state index in [1.165, 1.54) is 5.56 Å². The summed E-state index contributed by atoms with van der Waals surface area (Å²) >= 11 is 0. The van der Waals surface area contributed by atoms with Gasteiger partial charge in [0.15, 0.2) is 5.96 Å². The molecule has 2 heterocycles. The summed E-state index contributed by atoms with van der Waals surface area (Å²) in [6.07, 6.45) is 5.16. The molecular formula is C20H28N6O. The van der Waals surface area contributed by atoms with Crippen molar-refractivity contribution in [2.24, 2.45) is 12.0 Å². The van der Waals surface area contributed by atoms with E-state index in [4.69, 9.17) is 0 Å². The molecule has 27 heavy (non-hydrogen) atoms. The fourth-order valence-corrected chi connectivity index (χ4v) is 3.41. The molecular weight excluding hydrogens is 340 g/mol. The Kier molecular flexibility index (Phi) is 5.78. The van der Waals surface area contributed by atoms with Gasteiger partial charge in [0, 0.05) is 65.5 Å². The maximum Gasteiger partial charge on any atom is 0.253 e. The van der Waals surface area contributed by atoms with Crippen LogP contribution in [0, 0.1) is 0 Å². The van der Waals surface area contributed by atoms with Crippen LogP contribution in [0.3, 0.4) is 0 Å². The Morgan fingerprint density at radius 3 is 2.67 bits per heavy atom. The summed E-state index contributed by atoms with van der Waals surface area (Å²) in [5.41, 5.74) is 3.11. The Morgan fingerprint density at radius 2 is 2.07 bits per heavy atom. The first kappa shape index (κ1) is 18.9. The Bertz CT molecular complexity index is 808. The van der Waals surface area contributed by atoms with Gasteiger partial charge in [-0.2, -0.15) is 5.10 Å². The highest BCUT2D eigenvalue weighted by molar-refractivity contribution is 5.93. The molecule has 1 N–H and O–H groups in total. The van der Waals surface area contributed by atoms with E-state index in [1.54, 1.807) is 19.0 Å². The fourth-order valence-electron chi connectivity index (χ4n) is 3.41. The minimum Gasteiger partial charge on any atom is -0.352 e. The number of rotatable bonds is 4. The van der Waals surface area contributed by atoms with Crippen LogP contribution in [-0.2, 0) is 13.6 Å². The average Bonchev–Trinajstić information content (AvgIpc) is 3.31. The van der Waals surface area contributed by atoms with Gasteiger partial charge in [0.05, 0.1) is 6.20 Å². The van der Waals surface area contributed by atoms with Gasteiger partial charge in [0.2, 0.25) is 0 Å². The van der Waals surface area contributed by atoms with Crippen LogP contribution < -0.4 is 5.32 Å². The van der Waals surface area contributed by atoms with Crippen molar-refractivity contribution in [2.75, 3.05) is 34.2 Å². The monoisotopic (exact) mass is 368 g/mol. The molecule has 1 aliphatic heterocycles. The lowest BCUT2D eigenvalue weighted by molar-refractivity contribution is 0.0827. The summed E-state index contributed by atoms with van der Waals surface area (Å²) in [7, 11) is 7.29. The largest absolute Gasteiger partial charge is 0.352 e. The lowest BCUT2D eigenvalue weighted by atomic mass is 10.0. The van der Waals surface area contributed by atoms with Crippen molar-refractivity contribution in [3.8, 4) is 0 Å². The number of aliphatic imine (C=N–C) groups is 1. The summed E-state index contributed by atoms with van der Waals surface area (Å²) in [6.45, 7) is 2.61. The van der Waals surface area contributed by atoms with E-state index < -0.39 is 0 Å². The van der Waals surface area contributed by atoms with E-state index >= 15 is 0 Å². The maximum atomic E-state index is 12.0. The van der Waals surface area contributed by atoms with Crippen LogP contribution in [0.2, 0.25) is 0 Å². The van der Waals surface area contributed by atoms with Gasteiger partial charge in [-0.1, -0.05) is 12.1 Å². The number of aromatic nitrogens is 2. The third-order valence-electron chi connectivity index (χ3n) is 4.95. The van der Waals surface area contributed by atoms with E-state index in [2.05, 4.69) is 26.5 Å². The zero-order valence-electron chi connectivity index (χ0n) is 16.5. The Morgan fingerprint density at radius 1 is 1.33 bits per heavy atom. The van der Waals surface area contributed by atoms with Gasteiger partial charge in [0.1, 0.15) is 0 Å². The molecule has 1 aliphatic rings. The quantitative estimate of drug-likeness (QED) is 0.659. The Labute approximate surface area is 160 Å². The first-order chi connectivity index (χ1) is 13.0. The highest BCUT2D eigenvalue weighted by atomic mass is 16.2. The second-order valence-electron chi connectivity index (χ2n) is 7.18. The molecule has 1 saturated heterocycles. The SMILES string of the molecule is CN=C(NCc1ccc(C(=O)N(C)C)cc1)N1CCC(c2cnn(C)c2)C1. The average molecular weight is 368 g/mol. The molecule has 0 saturated carbocycles. The number of guanidine groups is 1. The van der Waals surface area contributed by atoms with Crippen LogP contribution in [0.15, 0.2) is 41.7 Å². The Balaban J connectivity index is 1.56. The molecule has 1 atom stereocenters. The highest BCUT2D eigenvalue weighted by Crippen LogP contribution is 2.26. The second-order valence-corrected chi connectivity index (χ2v) is 7.18. The molecule has 0 aliphatic carbocycles. The predicted molar refractivity (Wildman–Crippen MR) is 107 cm³/mol. The number of carbonyl (C=O) groups excluding carboxylic acids is 1. The van der Waals surface area contributed by atoms with Gasteiger partial charge in [-0.3, -0.25) is 14.5 Å². The summed E-state index contributed by atoms with van der Waals surface area (Å²) in [4.78, 5) is 20.3. The zero-order valence-corrected chi connectivity index (χ0v) is 16.5. The lowest BCUT2D eigenvalue weighted by Gasteiger charge is -2.21. The number of likely N-dealkylation sites (tertiary alicyclic amines) is 1. The number of nitrogens with zero attached hydrogens (tertiary/aromatic N) is 5. The molecule has 0 bridgehead atoms. The molecule has 0 radical (unpaired) electrons. The van der Waals surface area contributed by atoms with Crippen LogP contribution >= 0.6 is 0 Å². The standard InChI is InChI=1S/C20H28N6O/c1-21-20(26-10-9-17(14-26)18-12-23-25(4)13-18)22-11-15-5-7-16(8-6-15)19(27)24(2)3/h5-8,12-13,17H,9-11,14H2,1-4H3,(H,21,22). The second kappa shape index (κ2) is 8.24. The van der Waals surface area contributed by atoms with Gasteiger partial charge < -0.3 is 15.1 Å². The van der Waals surface area contributed by atoms with Crippen LogP contribution in [0.25, 0.3) is 0 Å². The summed E-state index contributed by atoms with van der Waals surface area (Å²) in [6, 6.07) is 7.71. The van der Waals surface area contributed by atoms with E-state index in [1.807, 2.05) is 49.2 Å². The van der Waals surface area contributed by atoms with Crippen LogP contribution in [-0.4, -0.2) is 65.7 Å². The molecule has 1 aromatic heterocycles. The number of benzene rings is 1. The summed E-state index contributed by atoms with van der Waals surface area (Å²) in [5.74, 6) is 1.42. The molecule has 1 unspecified atom stereocenters. The smallest absolute Gasteiger partial charge is 0.253 e. The minimum atomic E-state index is 0.0174. The van der Waals surface area contributed by atoms with Gasteiger partial charge >= 0.3 is 0 Å². The number of hydrogen-bond acceptors (Lipinski definition) is 3. The normalized spacial score (nSPS) is 17.3. The van der Waals surface area contributed by atoms with Crippen LogP contribution in [0.4, 0.5) is 0 Å². The van der Waals surface area contributed by atoms with Gasteiger partial charge in [-0.15, -0.1) is 0 Å². The number of amides is 1. The molecule has 144 valence electrons. The van der Waals surface area contributed by atoms with Crippen LogP contribution in [0.1, 0.15) is 33.8 Å². The first-order valence-electron chi connectivity index (χ1n) is 9.22. The maximum absolute atomic E-state index is 12.0. The molecule has 2 aromatic rings. The zero-order chi connectivity index (χ0) is 19.4. The van der Waals surface area contributed by atoms with Crippen molar-refractivity contribution < 1.29 is 4.79 Å². The van der Waals surface area contributed by atoms with E-state index in [9.17, 15) is 4.79 Å². The van der Waals surface area contributed by atoms with Crippen molar-refractivity contribution in [2.45, 2.75) is 18.9 Å². The molecule has 3 rings (SSSR count). The van der Waals surface area contributed by atoms with Crippen molar-refractivity contribution in [3.05, 3.63) is 53.3 Å². The third-order valence-corrected chi connectivity index (χ3v) is 4.95. The number of hydrogen-bond donors (Lipinski definition) is 1. The van der Waals surface area contributed by atoms with Gasteiger partial charge in [-0.25, -0.2) is 0 Å². The molecule has 1 amide bonds. The van der Waals surface area contributed by atoms with Crippen molar-refractivity contribution >= 4 is 11.9 Å². The third kappa shape index (κ3) is 4.48. The minimum absolute atomic E-state index is 0.0174. The number of aryl methyl sites for hydroxylation is 1. The molecule has 1 fully saturated rings. The summed E-state index contributed by atoms with van der Waals surface area (Å²) < 4.78 is 1.86. The number of carbonyl (C=O) groups is 1. The first-order valence-corrected chi connectivity index (χ1v) is 9.22. The van der Waals surface area contributed by atoms with Crippen LogP contribution in [0.5, 0.6) is 0 Å². The summed E-state index contributed by atoms with van der Waals surface area (Å²) in [5, 5.41) is 7.72. The van der Waals surface area contributed by atoms with E-state index in [-0.39, 0.29) is 5.91 Å².